The first kappa shape index (κ1) is 15.5. The number of hydrogen-bond acceptors (Lipinski definition) is 4. The number of aromatic nitrogens is 2. The van der Waals surface area contributed by atoms with Crippen LogP contribution in [0.4, 0.5) is 0 Å². The Kier molecular flexibility index (Phi) is 4.57. The van der Waals surface area contributed by atoms with Gasteiger partial charge in [0.2, 0.25) is 5.88 Å². The van der Waals surface area contributed by atoms with Crippen LogP contribution in [-0.4, -0.2) is 40.2 Å². The van der Waals surface area contributed by atoms with E-state index in [-0.39, 0.29) is 16.9 Å². The summed E-state index contributed by atoms with van der Waals surface area (Å²) in [5.74, 6) is -0.219. The zero-order chi connectivity index (χ0) is 14.8. The molecule has 0 bridgehead atoms. The molecule has 0 atom stereocenters. The Bertz CT molecular complexity index is 555. The summed E-state index contributed by atoms with van der Waals surface area (Å²) >= 11 is 0. The third-order valence-corrected chi connectivity index (χ3v) is 2.95. The summed E-state index contributed by atoms with van der Waals surface area (Å²) in [4.78, 5) is 27.7. The van der Waals surface area contributed by atoms with E-state index in [0.29, 0.717) is 13.0 Å². The van der Waals surface area contributed by atoms with Crippen LogP contribution in [0.25, 0.3) is 0 Å². The lowest BCUT2D eigenvalue weighted by atomic mass is 9.92. The molecule has 1 aromatic heterocycles. The zero-order valence-electron chi connectivity index (χ0n) is 12.3. The highest BCUT2D eigenvalue weighted by molar-refractivity contribution is 5.22. The van der Waals surface area contributed by atoms with Gasteiger partial charge in [0.15, 0.2) is 0 Å². The molecule has 0 saturated carbocycles. The molecule has 0 saturated heterocycles. The number of aromatic hydroxyl groups is 1. The van der Waals surface area contributed by atoms with Crippen molar-refractivity contribution in [1.82, 2.24) is 14.5 Å². The summed E-state index contributed by atoms with van der Waals surface area (Å²) in [7, 11) is 3.91. The fraction of sp³-hybridized carbons (Fsp3) is 0.692. The molecule has 0 fully saturated rings. The molecule has 0 aliphatic carbocycles. The Balaban J connectivity index is 3.22. The molecule has 6 nitrogen and oxygen atoms in total. The van der Waals surface area contributed by atoms with Crippen molar-refractivity contribution in [2.75, 3.05) is 20.6 Å². The van der Waals surface area contributed by atoms with Crippen molar-refractivity contribution < 1.29 is 5.11 Å². The third kappa shape index (κ3) is 3.70. The fourth-order valence-electron chi connectivity index (χ4n) is 2.40. The zero-order valence-corrected chi connectivity index (χ0v) is 12.3. The second kappa shape index (κ2) is 5.61. The Hall–Kier alpha value is -1.56. The van der Waals surface area contributed by atoms with Crippen LogP contribution in [0.3, 0.4) is 0 Å². The van der Waals surface area contributed by atoms with Crippen LogP contribution >= 0.6 is 0 Å². The highest BCUT2D eigenvalue weighted by Crippen LogP contribution is 2.21. The van der Waals surface area contributed by atoms with Crippen molar-refractivity contribution in [2.45, 2.75) is 33.7 Å². The van der Waals surface area contributed by atoms with Crippen molar-refractivity contribution in [2.24, 2.45) is 5.41 Å². The SMILES string of the molecule is CCc1c(O)n(CC(C)(C)CN(C)C)c(=O)[nH]c1=O. The second-order valence-corrected chi connectivity index (χ2v) is 5.90. The van der Waals surface area contributed by atoms with Crippen LogP contribution in [0.1, 0.15) is 26.3 Å². The maximum Gasteiger partial charge on any atom is 0.331 e. The van der Waals surface area contributed by atoms with E-state index in [1.165, 1.54) is 4.57 Å². The lowest BCUT2D eigenvalue weighted by Crippen LogP contribution is -2.39. The first-order valence-electron chi connectivity index (χ1n) is 6.37. The molecule has 1 heterocycles. The van der Waals surface area contributed by atoms with Crippen LogP contribution in [0.15, 0.2) is 9.59 Å². The van der Waals surface area contributed by atoms with Gasteiger partial charge >= 0.3 is 5.69 Å². The molecule has 0 amide bonds. The largest absolute Gasteiger partial charge is 0.494 e. The van der Waals surface area contributed by atoms with E-state index in [9.17, 15) is 14.7 Å². The highest BCUT2D eigenvalue weighted by atomic mass is 16.3. The van der Waals surface area contributed by atoms with Gasteiger partial charge < -0.3 is 10.0 Å². The van der Waals surface area contributed by atoms with Crippen LogP contribution in [0.2, 0.25) is 0 Å². The molecular weight excluding hydrogens is 246 g/mol. The Morgan fingerprint density at radius 3 is 2.37 bits per heavy atom. The van der Waals surface area contributed by atoms with Crippen molar-refractivity contribution in [3.05, 3.63) is 26.4 Å². The van der Waals surface area contributed by atoms with Crippen molar-refractivity contribution in [3.63, 3.8) is 0 Å². The molecule has 19 heavy (non-hydrogen) atoms. The van der Waals surface area contributed by atoms with E-state index in [0.717, 1.165) is 6.54 Å². The van der Waals surface area contributed by atoms with Gasteiger partial charge in [-0.2, -0.15) is 0 Å². The first-order valence-corrected chi connectivity index (χ1v) is 6.37. The quantitative estimate of drug-likeness (QED) is 0.810. The summed E-state index contributed by atoms with van der Waals surface area (Å²) in [6.07, 6.45) is 0.384. The van der Waals surface area contributed by atoms with Gasteiger partial charge in [0.1, 0.15) is 0 Å². The smallest absolute Gasteiger partial charge is 0.331 e. The molecule has 0 radical (unpaired) electrons. The molecule has 1 aromatic rings. The van der Waals surface area contributed by atoms with E-state index in [2.05, 4.69) is 4.98 Å². The third-order valence-electron chi connectivity index (χ3n) is 2.95. The van der Waals surface area contributed by atoms with E-state index in [1.807, 2.05) is 32.8 Å². The number of hydrogen-bond donors (Lipinski definition) is 2. The lowest BCUT2D eigenvalue weighted by Gasteiger charge is -2.29. The van der Waals surface area contributed by atoms with Crippen LogP contribution in [-0.2, 0) is 13.0 Å². The van der Waals surface area contributed by atoms with E-state index in [1.54, 1.807) is 6.92 Å². The van der Waals surface area contributed by atoms with Crippen molar-refractivity contribution in [1.29, 1.82) is 0 Å². The van der Waals surface area contributed by atoms with Crippen molar-refractivity contribution >= 4 is 0 Å². The Morgan fingerprint density at radius 1 is 1.32 bits per heavy atom. The van der Waals surface area contributed by atoms with Crippen molar-refractivity contribution in [3.8, 4) is 5.88 Å². The molecular formula is C13H23N3O3. The molecule has 0 aliphatic rings. The predicted molar refractivity (Wildman–Crippen MR) is 74.7 cm³/mol. The van der Waals surface area contributed by atoms with Gasteiger partial charge in [-0.05, 0) is 25.9 Å². The number of aromatic amines is 1. The normalized spacial score (nSPS) is 12.1. The van der Waals surface area contributed by atoms with Gasteiger partial charge in [-0.15, -0.1) is 0 Å². The van der Waals surface area contributed by atoms with Gasteiger partial charge in [0.05, 0.1) is 5.56 Å². The molecule has 0 spiro atoms. The number of rotatable bonds is 5. The molecule has 108 valence electrons. The summed E-state index contributed by atoms with van der Waals surface area (Å²) in [6, 6.07) is 0. The fourth-order valence-corrected chi connectivity index (χ4v) is 2.40. The minimum atomic E-state index is -0.563. The van der Waals surface area contributed by atoms with Crippen LogP contribution in [0.5, 0.6) is 5.88 Å². The Labute approximate surface area is 112 Å². The van der Waals surface area contributed by atoms with Gasteiger partial charge in [0, 0.05) is 13.1 Å². The molecule has 0 unspecified atom stereocenters. The highest BCUT2D eigenvalue weighted by Gasteiger charge is 2.23. The first-order chi connectivity index (χ1) is 8.68. The lowest BCUT2D eigenvalue weighted by molar-refractivity contribution is 0.199. The standard InChI is InChI=1S/C13H23N3O3/c1-6-9-10(17)14-12(19)16(11(9)18)8-13(2,3)7-15(4)5/h18H,6-8H2,1-5H3,(H,14,17,19). The van der Waals surface area contributed by atoms with E-state index < -0.39 is 11.2 Å². The molecule has 6 heteroatoms. The predicted octanol–water partition coefficient (Wildman–Crippen LogP) is 0.392. The van der Waals surface area contributed by atoms with Gasteiger partial charge in [0.25, 0.3) is 5.56 Å². The van der Waals surface area contributed by atoms with Crippen LogP contribution in [0, 0.1) is 5.41 Å². The topological polar surface area (TPSA) is 78.3 Å². The maximum atomic E-state index is 11.8. The molecule has 0 aliphatic heterocycles. The second-order valence-electron chi connectivity index (χ2n) is 5.90. The van der Waals surface area contributed by atoms with Gasteiger partial charge in [-0.1, -0.05) is 20.8 Å². The average molecular weight is 269 g/mol. The monoisotopic (exact) mass is 269 g/mol. The summed E-state index contributed by atoms with van der Waals surface area (Å²) in [5.41, 5.74) is -1.02. The summed E-state index contributed by atoms with van der Waals surface area (Å²) in [5, 5.41) is 10.1. The van der Waals surface area contributed by atoms with Gasteiger partial charge in [-0.3, -0.25) is 14.3 Å². The maximum absolute atomic E-state index is 11.8. The number of H-pyrrole nitrogens is 1. The minimum Gasteiger partial charge on any atom is -0.494 e. The van der Waals surface area contributed by atoms with E-state index >= 15 is 0 Å². The minimum absolute atomic E-state index is 0.200. The summed E-state index contributed by atoms with van der Waals surface area (Å²) < 4.78 is 1.24. The average Bonchev–Trinajstić information content (AvgIpc) is 2.23. The summed E-state index contributed by atoms with van der Waals surface area (Å²) in [6.45, 7) is 6.90. The molecule has 1 rings (SSSR count). The van der Waals surface area contributed by atoms with Crippen LogP contribution < -0.4 is 11.2 Å². The Morgan fingerprint density at radius 2 is 1.89 bits per heavy atom. The van der Waals surface area contributed by atoms with E-state index in [4.69, 9.17) is 0 Å². The molecule has 2 N–H and O–H groups in total. The number of nitrogens with one attached hydrogen (secondary N) is 1. The van der Waals surface area contributed by atoms with Gasteiger partial charge in [-0.25, -0.2) is 4.79 Å². The molecule has 0 aromatic carbocycles. The number of nitrogens with zero attached hydrogens (tertiary/aromatic N) is 2.